The maximum atomic E-state index is 5.46. The topological polar surface area (TPSA) is 0 Å². The highest BCUT2D eigenvalue weighted by molar-refractivity contribution is 8.10. The molecule has 0 saturated carbocycles. The van der Waals surface area contributed by atoms with E-state index in [4.69, 9.17) is 12.2 Å². The van der Waals surface area contributed by atoms with Crippen molar-refractivity contribution in [2.45, 2.75) is 46.0 Å². The van der Waals surface area contributed by atoms with Crippen LogP contribution in [0.25, 0.3) is 0 Å². The second-order valence-corrected chi connectivity index (χ2v) is 9.51. The molecule has 2 unspecified atom stereocenters. The van der Waals surface area contributed by atoms with Crippen molar-refractivity contribution < 1.29 is 0 Å². The molecule has 100 valence electrons. The van der Waals surface area contributed by atoms with Crippen molar-refractivity contribution in [3.05, 3.63) is 29.8 Å². The van der Waals surface area contributed by atoms with Gasteiger partial charge in [-0.05, 0) is 37.4 Å². The smallest absolute Gasteiger partial charge is 0.0374 e. The summed E-state index contributed by atoms with van der Waals surface area (Å²) in [6.07, 6.45) is 3.67. The maximum absolute atomic E-state index is 5.46. The first kappa shape index (κ1) is 16.2. The Bertz CT molecular complexity index is 382. The first-order valence-corrected chi connectivity index (χ1v) is 9.26. The summed E-state index contributed by atoms with van der Waals surface area (Å²) in [4.78, 5) is 0. The minimum Gasteiger partial charge on any atom is -0.0794 e. The Morgan fingerprint density at radius 2 is 1.78 bits per heavy atom. The Balaban J connectivity index is 2.63. The molecular weight excluding hydrogens is 274 g/mol. The molecule has 0 bridgehead atoms. The van der Waals surface area contributed by atoms with Crippen molar-refractivity contribution in [1.82, 2.24) is 0 Å². The van der Waals surface area contributed by atoms with Gasteiger partial charge < -0.3 is 0 Å². The van der Waals surface area contributed by atoms with Crippen LogP contribution in [0.1, 0.15) is 46.1 Å². The van der Waals surface area contributed by atoms with Crippen molar-refractivity contribution in [3.8, 4) is 0 Å². The lowest BCUT2D eigenvalue weighted by Crippen LogP contribution is -2.16. The second-order valence-electron chi connectivity index (χ2n) is 5.20. The lowest BCUT2D eigenvalue weighted by atomic mass is 9.82. The fourth-order valence-electron chi connectivity index (χ4n) is 1.62. The number of hydrogen-bond acceptors (Lipinski definition) is 1. The SMILES string of the molecule is CCCPC(=S)Pc1ccc(C(C)(C)CC)cc1. The molecule has 0 N–H and O–H groups in total. The largest absolute Gasteiger partial charge is 0.0794 e. The van der Waals surface area contributed by atoms with E-state index in [-0.39, 0.29) is 5.41 Å². The fraction of sp³-hybridized carbons (Fsp3) is 0.533. The fourth-order valence-corrected chi connectivity index (χ4v) is 4.52. The third-order valence-electron chi connectivity index (χ3n) is 3.34. The highest BCUT2D eigenvalue weighted by Crippen LogP contribution is 2.30. The summed E-state index contributed by atoms with van der Waals surface area (Å²) in [5, 5.41) is 1.39. The molecule has 0 fully saturated rings. The zero-order valence-electron chi connectivity index (χ0n) is 11.8. The molecule has 1 rings (SSSR count). The first-order chi connectivity index (χ1) is 8.49. The van der Waals surface area contributed by atoms with Crippen molar-refractivity contribution in [2.75, 3.05) is 6.16 Å². The van der Waals surface area contributed by atoms with Gasteiger partial charge in [0.25, 0.3) is 0 Å². The van der Waals surface area contributed by atoms with E-state index in [9.17, 15) is 0 Å². The van der Waals surface area contributed by atoms with Crippen LogP contribution in [-0.4, -0.2) is 10.5 Å². The molecule has 0 nitrogen and oxygen atoms in total. The normalized spacial score (nSPS) is 12.9. The summed E-state index contributed by atoms with van der Waals surface area (Å²) >= 11 is 5.46. The summed E-state index contributed by atoms with van der Waals surface area (Å²) in [5.74, 6) is 0. The minimum atomic E-state index is 0.284. The van der Waals surface area contributed by atoms with Gasteiger partial charge >= 0.3 is 0 Å². The maximum Gasteiger partial charge on any atom is 0.0374 e. The molecule has 0 amide bonds. The molecule has 18 heavy (non-hydrogen) atoms. The number of rotatable bonds is 7. The average Bonchev–Trinajstić information content (AvgIpc) is 2.37. The van der Waals surface area contributed by atoms with Crippen molar-refractivity contribution in [3.63, 3.8) is 0 Å². The molecule has 0 aliphatic rings. The van der Waals surface area contributed by atoms with E-state index in [1.54, 1.807) is 0 Å². The van der Waals surface area contributed by atoms with Gasteiger partial charge in [0.15, 0.2) is 0 Å². The summed E-state index contributed by atoms with van der Waals surface area (Å²) in [6, 6.07) is 9.07. The van der Waals surface area contributed by atoms with Gasteiger partial charge in [-0.15, -0.1) is 0 Å². The Hall–Kier alpha value is 0.170. The van der Waals surface area contributed by atoms with Crippen molar-refractivity contribution >= 4 is 39.0 Å². The van der Waals surface area contributed by atoms with Gasteiger partial charge in [0.1, 0.15) is 0 Å². The van der Waals surface area contributed by atoms with Crippen LogP contribution in [0.4, 0.5) is 0 Å². The van der Waals surface area contributed by atoms with E-state index in [1.807, 2.05) is 0 Å². The van der Waals surface area contributed by atoms with E-state index in [0.717, 1.165) is 8.58 Å². The van der Waals surface area contributed by atoms with Gasteiger partial charge in [-0.25, -0.2) is 0 Å². The lowest BCUT2D eigenvalue weighted by molar-refractivity contribution is 0.506. The average molecular weight is 298 g/mol. The number of thiocarbonyl (C=S) groups is 1. The van der Waals surface area contributed by atoms with Gasteiger partial charge in [0.2, 0.25) is 0 Å². The predicted octanol–water partition coefficient (Wildman–Crippen LogP) is 5.05. The van der Waals surface area contributed by atoms with Gasteiger partial charge in [-0.3, -0.25) is 0 Å². The van der Waals surface area contributed by atoms with Gasteiger partial charge in [-0.1, -0.05) is 79.2 Å². The standard InChI is InChI=1S/C15H24P2S/c1-5-11-16-14(18)17-13-9-7-12(8-10-13)15(3,4)6-2/h7-10,16-17H,5-6,11H2,1-4H3. The monoisotopic (exact) mass is 298 g/mol. The van der Waals surface area contributed by atoms with Crippen LogP contribution >= 0.6 is 29.4 Å². The summed E-state index contributed by atoms with van der Waals surface area (Å²) in [7, 11) is 1.57. The minimum absolute atomic E-state index is 0.284. The van der Waals surface area contributed by atoms with E-state index < -0.39 is 0 Å². The van der Waals surface area contributed by atoms with Crippen molar-refractivity contribution in [1.29, 1.82) is 0 Å². The highest BCUT2D eigenvalue weighted by Gasteiger charge is 2.17. The van der Waals surface area contributed by atoms with Gasteiger partial charge in [-0.2, -0.15) is 0 Å². The molecule has 1 aromatic rings. The molecule has 1 aromatic carbocycles. The summed E-state index contributed by atoms with van der Waals surface area (Å²) < 4.78 is 1.25. The molecule has 0 aromatic heterocycles. The van der Waals surface area contributed by atoms with Crippen LogP contribution in [0, 0.1) is 0 Å². The molecule has 0 saturated heterocycles. The van der Waals surface area contributed by atoms with E-state index >= 15 is 0 Å². The Morgan fingerprint density at radius 1 is 1.17 bits per heavy atom. The zero-order chi connectivity index (χ0) is 13.6. The third-order valence-corrected chi connectivity index (χ3v) is 6.91. The van der Waals surface area contributed by atoms with E-state index in [2.05, 4.69) is 52.0 Å². The van der Waals surface area contributed by atoms with Crippen LogP contribution in [0.15, 0.2) is 24.3 Å². The number of benzene rings is 1. The second kappa shape index (κ2) is 7.68. The highest BCUT2D eigenvalue weighted by atomic mass is 32.1. The Kier molecular flexibility index (Phi) is 6.93. The molecule has 0 spiro atoms. The Morgan fingerprint density at radius 3 is 2.28 bits per heavy atom. The quantitative estimate of drug-likeness (QED) is 0.501. The zero-order valence-corrected chi connectivity index (χ0v) is 14.7. The van der Waals surface area contributed by atoms with Crippen LogP contribution < -0.4 is 5.30 Å². The first-order valence-electron chi connectivity index (χ1n) is 6.65. The molecule has 2 atom stereocenters. The number of hydrogen-bond donors (Lipinski definition) is 0. The Labute approximate surface area is 121 Å². The van der Waals surface area contributed by atoms with Gasteiger partial charge in [0.05, 0.1) is 0 Å². The van der Waals surface area contributed by atoms with Crippen molar-refractivity contribution in [2.24, 2.45) is 0 Å². The van der Waals surface area contributed by atoms with E-state index in [1.165, 1.54) is 34.2 Å². The predicted molar refractivity (Wildman–Crippen MR) is 93.8 cm³/mol. The third kappa shape index (κ3) is 5.04. The van der Waals surface area contributed by atoms with Crippen LogP contribution in [0.2, 0.25) is 0 Å². The molecule has 3 heteroatoms. The van der Waals surface area contributed by atoms with E-state index in [0.29, 0.717) is 8.58 Å². The molecule has 0 heterocycles. The van der Waals surface area contributed by atoms with Gasteiger partial charge in [0, 0.05) is 4.35 Å². The lowest BCUT2D eigenvalue weighted by Gasteiger charge is -2.23. The molecular formula is C15H24P2S. The summed E-state index contributed by atoms with van der Waals surface area (Å²) in [5.41, 5.74) is 1.71. The van der Waals surface area contributed by atoms with Crippen LogP contribution in [0.3, 0.4) is 0 Å². The molecule has 0 aliphatic carbocycles. The van der Waals surface area contributed by atoms with Crippen LogP contribution in [0.5, 0.6) is 0 Å². The molecule has 0 aliphatic heterocycles. The van der Waals surface area contributed by atoms with Crippen LogP contribution in [-0.2, 0) is 5.41 Å². The molecule has 0 radical (unpaired) electrons. The summed E-state index contributed by atoms with van der Waals surface area (Å²) in [6.45, 7) is 9.08.